The van der Waals surface area contributed by atoms with Gasteiger partial charge in [0.05, 0.1) is 24.8 Å². The van der Waals surface area contributed by atoms with Crippen molar-refractivity contribution in [3.63, 3.8) is 0 Å². The standard InChI is InChI=1S/C31H27FN4O5S/c1-20(33-31(39)41-19-21-6-3-2-4-7-21)28(37)34-25-12-10-23(11-13-25)27-29(38)36(17-22-14-15-40-18-22)30(42-27)35-26-9-5-8-24(32)16-26/h2-16,18,20,27H,17,19H2,1H3,(H,33,39)(H,34,37)/b35-30-/t20-,27?/m0/s1. The number of nitrogens with zero attached hydrogens (tertiary/aromatic N) is 2. The number of carbonyl (C=O) groups excluding carboxylic acids is 3. The predicted octanol–water partition coefficient (Wildman–Crippen LogP) is 6.18. The molecule has 42 heavy (non-hydrogen) atoms. The van der Waals surface area contributed by atoms with Crippen molar-refractivity contribution < 1.29 is 27.9 Å². The van der Waals surface area contributed by atoms with Gasteiger partial charge in [-0.2, -0.15) is 0 Å². The molecule has 1 fully saturated rings. The molecular formula is C31H27FN4O5S. The number of alkyl carbamates (subject to hydrolysis) is 1. The molecule has 0 aliphatic carbocycles. The molecule has 1 unspecified atom stereocenters. The molecule has 0 saturated carbocycles. The molecule has 11 heteroatoms. The number of rotatable bonds is 9. The van der Waals surface area contributed by atoms with Crippen LogP contribution in [0.4, 0.5) is 20.6 Å². The molecule has 0 radical (unpaired) electrons. The number of nitrogens with one attached hydrogen (secondary N) is 2. The summed E-state index contributed by atoms with van der Waals surface area (Å²) in [6.07, 6.45) is 2.38. The molecule has 2 atom stereocenters. The normalized spacial score (nSPS) is 16.3. The van der Waals surface area contributed by atoms with E-state index in [1.807, 2.05) is 30.3 Å². The second kappa shape index (κ2) is 13.2. The number of hydrogen-bond acceptors (Lipinski definition) is 7. The number of aliphatic imine (C=N–C) groups is 1. The van der Waals surface area contributed by atoms with Crippen LogP contribution in [0.15, 0.2) is 107 Å². The van der Waals surface area contributed by atoms with Crippen LogP contribution in [0.25, 0.3) is 0 Å². The molecule has 2 N–H and O–H groups in total. The maximum Gasteiger partial charge on any atom is 0.408 e. The van der Waals surface area contributed by atoms with Gasteiger partial charge in [-0.25, -0.2) is 14.2 Å². The van der Waals surface area contributed by atoms with Crippen LogP contribution in [-0.4, -0.2) is 34.0 Å². The smallest absolute Gasteiger partial charge is 0.408 e. The minimum Gasteiger partial charge on any atom is -0.472 e. The zero-order chi connectivity index (χ0) is 29.5. The molecule has 1 saturated heterocycles. The van der Waals surface area contributed by atoms with Crippen LogP contribution in [-0.2, 0) is 27.5 Å². The van der Waals surface area contributed by atoms with Crippen LogP contribution in [0, 0.1) is 5.82 Å². The van der Waals surface area contributed by atoms with Gasteiger partial charge in [0.1, 0.15) is 23.7 Å². The van der Waals surface area contributed by atoms with Crippen molar-refractivity contribution in [3.8, 4) is 0 Å². The van der Waals surface area contributed by atoms with Crippen LogP contribution in [0.3, 0.4) is 0 Å². The first-order valence-electron chi connectivity index (χ1n) is 13.1. The highest BCUT2D eigenvalue weighted by atomic mass is 32.2. The van der Waals surface area contributed by atoms with Crippen molar-refractivity contribution >= 4 is 46.2 Å². The zero-order valence-electron chi connectivity index (χ0n) is 22.5. The van der Waals surface area contributed by atoms with Gasteiger partial charge in [0.25, 0.3) is 0 Å². The second-order valence-corrected chi connectivity index (χ2v) is 10.5. The average molecular weight is 587 g/mol. The highest BCUT2D eigenvalue weighted by Gasteiger charge is 2.39. The molecular weight excluding hydrogens is 559 g/mol. The van der Waals surface area contributed by atoms with Crippen LogP contribution in [0.1, 0.15) is 28.9 Å². The Bertz CT molecular complexity index is 1580. The number of ether oxygens (including phenoxy) is 1. The van der Waals surface area contributed by atoms with E-state index in [1.165, 1.54) is 30.2 Å². The highest BCUT2D eigenvalue weighted by Crippen LogP contribution is 2.41. The molecule has 1 aliphatic heterocycles. The number of amidine groups is 1. The number of carbonyl (C=O) groups is 3. The lowest BCUT2D eigenvalue weighted by Crippen LogP contribution is -2.41. The average Bonchev–Trinajstić information content (AvgIpc) is 3.61. The van der Waals surface area contributed by atoms with E-state index in [-0.39, 0.29) is 19.1 Å². The Hall–Kier alpha value is -4.90. The monoisotopic (exact) mass is 586 g/mol. The van der Waals surface area contributed by atoms with Crippen LogP contribution < -0.4 is 10.6 Å². The number of furan rings is 1. The Balaban J connectivity index is 1.22. The van der Waals surface area contributed by atoms with Crippen LogP contribution >= 0.6 is 11.8 Å². The number of anilines is 1. The molecule has 1 aromatic heterocycles. The maximum atomic E-state index is 13.8. The number of halogens is 1. The van der Waals surface area contributed by atoms with Crippen LogP contribution in [0.2, 0.25) is 0 Å². The Morgan fingerprint density at radius 1 is 1.05 bits per heavy atom. The lowest BCUT2D eigenvalue weighted by Gasteiger charge is -2.16. The Labute approximate surface area is 245 Å². The lowest BCUT2D eigenvalue weighted by atomic mass is 10.1. The van der Waals surface area contributed by atoms with E-state index in [0.717, 1.165) is 11.1 Å². The quantitative estimate of drug-likeness (QED) is 0.242. The van der Waals surface area contributed by atoms with E-state index in [4.69, 9.17) is 9.15 Å². The summed E-state index contributed by atoms with van der Waals surface area (Å²) < 4.78 is 24.1. The van der Waals surface area contributed by atoms with Crippen molar-refractivity contribution in [3.05, 3.63) is 120 Å². The fraction of sp³-hybridized carbons (Fsp3) is 0.161. The summed E-state index contributed by atoms with van der Waals surface area (Å²) in [4.78, 5) is 44.4. The number of benzene rings is 3. The lowest BCUT2D eigenvalue weighted by molar-refractivity contribution is -0.126. The summed E-state index contributed by atoms with van der Waals surface area (Å²) in [5.74, 6) is -1.03. The molecule has 4 aromatic rings. The van der Waals surface area contributed by atoms with Gasteiger partial charge in [-0.1, -0.05) is 60.3 Å². The van der Waals surface area contributed by atoms with E-state index >= 15 is 0 Å². The van der Waals surface area contributed by atoms with Gasteiger partial charge in [-0.15, -0.1) is 0 Å². The first-order valence-corrected chi connectivity index (χ1v) is 13.9. The van der Waals surface area contributed by atoms with Gasteiger partial charge in [0, 0.05) is 11.3 Å². The van der Waals surface area contributed by atoms with Crippen molar-refractivity contribution in [2.24, 2.45) is 4.99 Å². The van der Waals surface area contributed by atoms with E-state index in [1.54, 1.807) is 60.6 Å². The third-order valence-corrected chi connectivity index (χ3v) is 7.55. The molecule has 3 aromatic carbocycles. The molecule has 214 valence electrons. The Morgan fingerprint density at radius 3 is 2.55 bits per heavy atom. The summed E-state index contributed by atoms with van der Waals surface area (Å²) in [5.41, 5.74) is 3.23. The zero-order valence-corrected chi connectivity index (χ0v) is 23.3. The van der Waals surface area contributed by atoms with E-state index in [2.05, 4.69) is 15.6 Å². The van der Waals surface area contributed by atoms with Gasteiger partial charge in [-0.3, -0.25) is 14.5 Å². The van der Waals surface area contributed by atoms with Gasteiger partial charge in [0.2, 0.25) is 11.8 Å². The molecule has 2 heterocycles. The summed E-state index contributed by atoms with van der Waals surface area (Å²) in [5, 5.41) is 5.12. The molecule has 3 amide bonds. The Morgan fingerprint density at radius 2 is 1.83 bits per heavy atom. The fourth-order valence-corrected chi connectivity index (χ4v) is 5.29. The fourth-order valence-electron chi connectivity index (χ4n) is 4.12. The van der Waals surface area contributed by atoms with Gasteiger partial charge < -0.3 is 19.8 Å². The summed E-state index contributed by atoms with van der Waals surface area (Å²) in [7, 11) is 0. The van der Waals surface area contributed by atoms with E-state index in [9.17, 15) is 18.8 Å². The molecule has 5 rings (SSSR count). The summed E-state index contributed by atoms with van der Waals surface area (Å²) >= 11 is 1.26. The molecule has 9 nitrogen and oxygen atoms in total. The van der Waals surface area contributed by atoms with E-state index < -0.39 is 29.1 Å². The maximum absolute atomic E-state index is 13.8. The van der Waals surface area contributed by atoms with E-state index in [0.29, 0.717) is 22.1 Å². The van der Waals surface area contributed by atoms with Gasteiger partial charge in [0.15, 0.2) is 5.17 Å². The number of hydrogen-bond donors (Lipinski definition) is 2. The minimum atomic E-state index is -0.849. The number of thioether (sulfide) groups is 1. The first kappa shape index (κ1) is 28.6. The molecule has 1 aliphatic rings. The van der Waals surface area contributed by atoms with Crippen LogP contribution in [0.5, 0.6) is 0 Å². The van der Waals surface area contributed by atoms with Crippen molar-refractivity contribution in [1.29, 1.82) is 0 Å². The van der Waals surface area contributed by atoms with Crippen molar-refractivity contribution in [2.75, 3.05) is 5.32 Å². The highest BCUT2D eigenvalue weighted by molar-refractivity contribution is 8.15. The third-order valence-electron chi connectivity index (χ3n) is 6.32. The largest absolute Gasteiger partial charge is 0.472 e. The second-order valence-electron chi connectivity index (χ2n) is 9.47. The minimum absolute atomic E-state index is 0.0918. The topological polar surface area (TPSA) is 113 Å². The Kier molecular flexibility index (Phi) is 8.98. The first-order chi connectivity index (χ1) is 20.4. The third kappa shape index (κ3) is 7.24. The molecule has 0 spiro atoms. The van der Waals surface area contributed by atoms with Gasteiger partial charge >= 0.3 is 6.09 Å². The predicted molar refractivity (Wildman–Crippen MR) is 157 cm³/mol. The SMILES string of the molecule is C[C@H](NC(=O)OCc1ccccc1)C(=O)Nc1ccc(C2S/C(=N\c3cccc(F)c3)N(Cc3ccoc3)C2=O)cc1. The summed E-state index contributed by atoms with van der Waals surface area (Å²) in [6, 6.07) is 22.9. The van der Waals surface area contributed by atoms with Crippen molar-refractivity contribution in [1.82, 2.24) is 10.2 Å². The van der Waals surface area contributed by atoms with Gasteiger partial charge in [-0.05, 0) is 54.4 Å². The molecule has 0 bridgehead atoms. The number of amides is 3. The van der Waals surface area contributed by atoms with Crippen molar-refractivity contribution in [2.45, 2.75) is 31.4 Å². The summed E-state index contributed by atoms with van der Waals surface area (Å²) in [6.45, 7) is 1.89.